The molecule has 0 fully saturated rings. The van der Waals surface area contributed by atoms with Gasteiger partial charge < -0.3 is 18.9 Å². The standard InChI is InChI=1S/C15H20O5/c1-4-14(16)17-12-15(18-5-2,19-6-3)20-13-10-8-7-9-11-13/h4,7-11H,1,5-6,12H2,2-3H3. The molecule has 20 heavy (non-hydrogen) atoms. The van der Waals surface area contributed by atoms with E-state index in [2.05, 4.69) is 6.58 Å². The largest absolute Gasteiger partial charge is 0.453 e. The summed E-state index contributed by atoms with van der Waals surface area (Å²) < 4.78 is 21.7. The summed E-state index contributed by atoms with van der Waals surface area (Å²) in [6.07, 6.45) is 1.07. The van der Waals surface area contributed by atoms with E-state index in [0.717, 1.165) is 6.08 Å². The monoisotopic (exact) mass is 280 g/mol. The first-order valence-corrected chi connectivity index (χ1v) is 6.47. The molecule has 5 nitrogen and oxygen atoms in total. The van der Waals surface area contributed by atoms with Crippen molar-refractivity contribution in [3.63, 3.8) is 0 Å². The van der Waals surface area contributed by atoms with Gasteiger partial charge in [0, 0.05) is 6.08 Å². The van der Waals surface area contributed by atoms with Crippen LogP contribution in [-0.2, 0) is 19.0 Å². The molecule has 0 N–H and O–H groups in total. The number of esters is 1. The molecule has 0 aliphatic rings. The number of hydrogen-bond acceptors (Lipinski definition) is 5. The second kappa shape index (κ2) is 8.35. The van der Waals surface area contributed by atoms with Crippen molar-refractivity contribution >= 4 is 5.97 Å². The summed E-state index contributed by atoms with van der Waals surface area (Å²) in [6, 6.07) is 9.05. The lowest BCUT2D eigenvalue weighted by atomic mass is 10.3. The Morgan fingerprint density at radius 3 is 2.30 bits per heavy atom. The van der Waals surface area contributed by atoms with Crippen molar-refractivity contribution in [2.75, 3.05) is 19.8 Å². The molecule has 5 heteroatoms. The zero-order valence-corrected chi connectivity index (χ0v) is 11.8. The third-order valence-corrected chi connectivity index (χ3v) is 2.30. The van der Waals surface area contributed by atoms with Crippen LogP contribution in [0.3, 0.4) is 0 Å². The Labute approximate surface area is 119 Å². The second-order valence-electron chi connectivity index (χ2n) is 3.78. The first-order valence-electron chi connectivity index (χ1n) is 6.47. The Hall–Kier alpha value is -1.85. The molecule has 0 amide bonds. The van der Waals surface area contributed by atoms with E-state index >= 15 is 0 Å². The predicted octanol–water partition coefficient (Wildman–Crippen LogP) is 2.52. The number of hydrogen-bond donors (Lipinski definition) is 0. The third-order valence-electron chi connectivity index (χ3n) is 2.30. The summed E-state index contributed by atoms with van der Waals surface area (Å²) in [5.41, 5.74) is 0. The Morgan fingerprint density at radius 2 is 1.80 bits per heavy atom. The van der Waals surface area contributed by atoms with Gasteiger partial charge in [-0.2, -0.15) is 0 Å². The summed E-state index contributed by atoms with van der Waals surface area (Å²) >= 11 is 0. The van der Waals surface area contributed by atoms with Gasteiger partial charge in [-0.15, -0.1) is 0 Å². The molecule has 0 spiro atoms. The van der Waals surface area contributed by atoms with Crippen molar-refractivity contribution in [3.05, 3.63) is 43.0 Å². The molecule has 0 aliphatic heterocycles. The van der Waals surface area contributed by atoms with Crippen molar-refractivity contribution in [3.8, 4) is 5.75 Å². The summed E-state index contributed by atoms with van der Waals surface area (Å²) in [4.78, 5) is 11.2. The second-order valence-corrected chi connectivity index (χ2v) is 3.78. The molecule has 1 aromatic rings. The predicted molar refractivity (Wildman–Crippen MR) is 74.2 cm³/mol. The fourth-order valence-electron chi connectivity index (χ4n) is 1.54. The van der Waals surface area contributed by atoms with Crippen LogP contribution in [0.1, 0.15) is 13.8 Å². The summed E-state index contributed by atoms with van der Waals surface area (Å²) in [5.74, 6) is -1.46. The molecule has 0 heterocycles. The highest BCUT2D eigenvalue weighted by atomic mass is 16.9. The molecule has 0 radical (unpaired) electrons. The van der Waals surface area contributed by atoms with E-state index in [4.69, 9.17) is 18.9 Å². The Kier molecular flexibility index (Phi) is 6.76. The third kappa shape index (κ3) is 5.03. The first-order chi connectivity index (χ1) is 9.65. The SMILES string of the molecule is C=CC(=O)OCC(OCC)(OCC)Oc1ccccc1. The van der Waals surface area contributed by atoms with Gasteiger partial charge >= 0.3 is 11.9 Å². The van der Waals surface area contributed by atoms with E-state index in [1.807, 2.05) is 18.2 Å². The highest BCUT2D eigenvalue weighted by Gasteiger charge is 2.36. The molecular formula is C15H20O5. The van der Waals surface area contributed by atoms with E-state index in [9.17, 15) is 4.79 Å². The highest BCUT2D eigenvalue weighted by Crippen LogP contribution is 2.22. The molecule has 0 bridgehead atoms. The van der Waals surface area contributed by atoms with Crippen LogP contribution in [0.4, 0.5) is 0 Å². The Bertz CT molecular complexity index is 410. The molecule has 0 atom stereocenters. The minimum atomic E-state index is -1.45. The fourth-order valence-corrected chi connectivity index (χ4v) is 1.54. The minimum Gasteiger partial charge on any atom is -0.453 e. The average molecular weight is 280 g/mol. The normalized spacial score (nSPS) is 10.9. The lowest BCUT2D eigenvalue weighted by Crippen LogP contribution is -2.47. The zero-order chi connectivity index (χ0) is 14.8. The summed E-state index contributed by atoms with van der Waals surface area (Å²) in [5, 5.41) is 0. The lowest BCUT2D eigenvalue weighted by molar-refractivity contribution is -0.353. The minimum absolute atomic E-state index is 0.186. The first kappa shape index (κ1) is 16.2. The van der Waals surface area contributed by atoms with Crippen LogP contribution in [0, 0.1) is 0 Å². The van der Waals surface area contributed by atoms with Crippen LogP contribution in [-0.4, -0.2) is 31.8 Å². The van der Waals surface area contributed by atoms with Crippen molar-refractivity contribution in [2.45, 2.75) is 19.8 Å². The van der Waals surface area contributed by atoms with Crippen molar-refractivity contribution in [1.82, 2.24) is 0 Å². The van der Waals surface area contributed by atoms with Gasteiger partial charge in [-0.05, 0) is 26.0 Å². The molecular weight excluding hydrogens is 260 g/mol. The zero-order valence-electron chi connectivity index (χ0n) is 11.8. The van der Waals surface area contributed by atoms with Crippen LogP contribution in [0.15, 0.2) is 43.0 Å². The van der Waals surface area contributed by atoms with E-state index < -0.39 is 11.9 Å². The van der Waals surface area contributed by atoms with Crippen LogP contribution in [0.2, 0.25) is 0 Å². The van der Waals surface area contributed by atoms with Gasteiger partial charge in [0.15, 0.2) is 6.61 Å². The van der Waals surface area contributed by atoms with E-state index in [0.29, 0.717) is 19.0 Å². The molecule has 0 unspecified atom stereocenters. The van der Waals surface area contributed by atoms with Gasteiger partial charge in [-0.3, -0.25) is 0 Å². The average Bonchev–Trinajstić information content (AvgIpc) is 2.46. The van der Waals surface area contributed by atoms with E-state index in [1.54, 1.807) is 26.0 Å². The molecule has 0 saturated heterocycles. The maximum atomic E-state index is 11.2. The van der Waals surface area contributed by atoms with E-state index in [1.165, 1.54) is 0 Å². The molecule has 1 aromatic carbocycles. The van der Waals surface area contributed by atoms with Gasteiger partial charge in [0.2, 0.25) is 0 Å². The molecule has 0 saturated carbocycles. The Balaban J connectivity index is 2.85. The van der Waals surface area contributed by atoms with Gasteiger partial charge in [0.25, 0.3) is 0 Å². The fraction of sp³-hybridized carbons (Fsp3) is 0.400. The van der Waals surface area contributed by atoms with Gasteiger partial charge in [-0.1, -0.05) is 24.8 Å². The van der Waals surface area contributed by atoms with Gasteiger partial charge in [0.1, 0.15) is 5.75 Å². The van der Waals surface area contributed by atoms with Crippen LogP contribution in [0.25, 0.3) is 0 Å². The van der Waals surface area contributed by atoms with Crippen LogP contribution in [0.5, 0.6) is 5.75 Å². The van der Waals surface area contributed by atoms with Crippen molar-refractivity contribution in [2.24, 2.45) is 0 Å². The molecule has 110 valence electrons. The Morgan fingerprint density at radius 1 is 1.20 bits per heavy atom. The molecule has 1 rings (SSSR count). The molecule has 0 aliphatic carbocycles. The van der Waals surface area contributed by atoms with Crippen LogP contribution < -0.4 is 4.74 Å². The van der Waals surface area contributed by atoms with E-state index in [-0.39, 0.29) is 6.61 Å². The number of carbonyl (C=O) groups excluding carboxylic acids is 1. The molecule has 0 aromatic heterocycles. The maximum absolute atomic E-state index is 11.2. The van der Waals surface area contributed by atoms with Crippen molar-refractivity contribution < 1.29 is 23.7 Å². The quantitative estimate of drug-likeness (QED) is 0.395. The summed E-state index contributed by atoms with van der Waals surface area (Å²) in [7, 11) is 0. The van der Waals surface area contributed by atoms with Gasteiger partial charge in [0.05, 0.1) is 13.2 Å². The highest BCUT2D eigenvalue weighted by molar-refractivity contribution is 5.81. The summed E-state index contributed by atoms with van der Waals surface area (Å²) in [6.45, 7) is 7.45. The lowest BCUT2D eigenvalue weighted by Gasteiger charge is -2.32. The number of carbonyl (C=O) groups is 1. The number of benzene rings is 1. The topological polar surface area (TPSA) is 54.0 Å². The van der Waals surface area contributed by atoms with Gasteiger partial charge in [-0.25, -0.2) is 4.79 Å². The van der Waals surface area contributed by atoms with Crippen molar-refractivity contribution in [1.29, 1.82) is 0 Å². The number of rotatable bonds is 9. The number of ether oxygens (including phenoxy) is 4. The number of para-hydroxylation sites is 1. The maximum Gasteiger partial charge on any atom is 0.363 e. The van der Waals surface area contributed by atoms with Crippen LogP contribution >= 0.6 is 0 Å². The smallest absolute Gasteiger partial charge is 0.363 e.